The summed E-state index contributed by atoms with van der Waals surface area (Å²) in [6.07, 6.45) is 5.10. The average Bonchev–Trinajstić information content (AvgIpc) is 2.39. The molecule has 0 heterocycles. The SMILES string of the molecule is CCC(C)(OC)C(NC)c1ccc(C2CCC2)cc1. The summed E-state index contributed by atoms with van der Waals surface area (Å²) in [5.74, 6) is 0.807. The van der Waals surface area contributed by atoms with Crippen LogP contribution in [0.5, 0.6) is 0 Å². The first kappa shape index (κ1) is 14.5. The van der Waals surface area contributed by atoms with E-state index in [0.717, 1.165) is 12.3 Å². The molecule has 106 valence electrons. The highest BCUT2D eigenvalue weighted by atomic mass is 16.5. The highest BCUT2D eigenvalue weighted by molar-refractivity contribution is 5.30. The summed E-state index contributed by atoms with van der Waals surface area (Å²) in [5, 5.41) is 3.41. The van der Waals surface area contributed by atoms with Gasteiger partial charge in [0.2, 0.25) is 0 Å². The van der Waals surface area contributed by atoms with Gasteiger partial charge in [-0.3, -0.25) is 0 Å². The zero-order valence-corrected chi connectivity index (χ0v) is 12.7. The third-order valence-electron chi connectivity index (χ3n) is 4.91. The quantitative estimate of drug-likeness (QED) is 0.834. The van der Waals surface area contributed by atoms with Crippen molar-refractivity contribution in [2.75, 3.05) is 14.2 Å². The molecule has 0 amide bonds. The first-order chi connectivity index (χ1) is 9.14. The number of hydrogen-bond acceptors (Lipinski definition) is 2. The maximum absolute atomic E-state index is 5.74. The summed E-state index contributed by atoms with van der Waals surface area (Å²) in [6, 6.07) is 9.37. The minimum atomic E-state index is -0.160. The van der Waals surface area contributed by atoms with Crippen LogP contribution in [-0.2, 0) is 4.74 Å². The maximum Gasteiger partial charge on any atom is 0.0841 e. The lowest BCUT2D eigenvalue weighted by Gasteiger charge is -2.36. The molecule has 1 N–H and O–H groups in total. The first-order valence-corrected chi connectivity index (χ1v) is 7.47. The second-order valence-corrected chi connectivity index (χ2v) is 5.89. The number of ether oxygens (including phenoxy) is 1. The summed E-state index contributed by atoms with van der Waals surface area (Å²) >= 11 is 0. The summed E-state index contributed by atoms with van der Waals surface area (Å²) in [7, 11) is 3.81. The lowest BCUT2D eigenvalue weighted by molar-refractivity contribution is -0.0280. The minimum absolute atomic E-state index is 0.160. The van der Waals surface area contributed by atoms with Gasteiger partial charge >= 0.3 is 0 Å². The van der Waals surface area contributed by atoms with Gasteiger partial charge in [0.1, 0.15) is 0 Å². The molecule has 0 saturated heterocycles. The van der Waals surface area contributed by atoms with Gasteiger partial charge < -0.3 is 10.1 Å². The second kappa shape index (κ2) is 6.06. The Balaban J connectivity index is 2.18. The molecule has 1 fully saturated rings. The summed E-state index contributed by atoms with van der Waals surface area (Å²) in [5.41, 5.74) is 2.66. The van der Waals surface area contributed by atoms with E-state index in [1.54, 1.807) is 7.11 Å². The van der Waals surface area contributed by atoms with Gasteiger partial charge in [-0.05, 0) is 50.3 Å². The molecule has 0 aromatic heterocycles. The van der Waals surface area contributed by atoms with Crippen LogP contribution >= 0.6 is 0 Å². The predicted octanol–water partition coefficient (Wildman–Crippen LogP) is 4.03. The standard InChI is InChI=1S/C17H27NO/c1-5-17(2,19-4)16(18-3)15-11-9-14(10-12-15)13-7-6-8-13/h9-13,16,18H,5-8H2,1-4H3. The summed E-state index contributed by atoms with van der Waals surface area (Å²) in [4.78, 5) is 0. The van der Waals surface area contributed by atoms with E-state index in [-0.39, 0.29) is 11.6 Å². The predicted molar refractivity (Wildman–Crippen MR) is 80.5 cm³/mol. The summed E-state index contributed by atoms with van der Waals surface area (Å²) in [6.45, 7) is 4.35. The van der Waals surface area contributed by atoms with Crippen molar-refractivity contribution in [3.05, 3.63) is 35.4 Å². The Morgan fingerprint density at radius 1 is 1.32 bits per heavy atom. The second-order valence-electron chi connectivity index (χ2n) is 5.89. The van der Waals surface area contributed by atoms with Gasteiger partial charge in [-0.2, -0.15) is 0 Å². The fraction of sp³-hybridized carbons (Fsp3) is 0.647. The number of benzene rings is 1. The molecule has 19 heavy (non-hydrogen) atoms. The molecule has 0 spiro atoms. The molecular weight excluding hydrogens is 234 g/mol. The molecule has 0 aliphatic heterocycles. The normalized spacial score (nSPS) is 20.6. The Hall–Kier alpha value is -0.860. The first-order valence-electron chi connectivity index (χ1n) is 7.47. The lowest BCUT2D eigenvalue weighted by Crippen LogP contribution is -2.41. The van der Waals surface area contributed by atoms with Crippen molar-refractivity contribution in [2.45, 2.75) is 57.1 Å². The lowest BCUT2D eigenvalue weighted by atomic mass is 9.79. The van der Waals surface area contributed by atoms with Gasteiger partial charge in [-0.25, -0.2) is 0 Å². The number of methoxy groups -OCH3 is 1. The molecule has 2 heteroatoms. The highest BCUT2D eigenvalue weighted by Crippen LogP contribution is 2.37. The highest BCUT2D eigenvalue weighted by Gasteiger charge is 2.32. The molecule has 2 atom stereocenters. The van der Waals surface area contributed by atoms with Crippen LogP contribution in [0.1, 0.15) is 62.6 Å². The Bertz CT molecular complexity index is 390. The van der Waals surface area contributed by atoms with Crippen LogP contribution in [0.25, 0.3) is 0 Å². The Labute approximate surface area is 117 Å². The molecule has 0 bridgehead atoms. The number of likely N-dealkylation sites (N-methyl/N-ethyl adjacent to an activating group) is 1. The molecule has 0 radical (unpaired) electrons. The molecule has 1 aliphatic carbocycles. The van der Waals surface area contributed by atoms with E-state index in [9.17, 15) is 0 Å². The molecular formula is C17H27NO. The van der Waals surface area contributed by atoms with E-state index in [4.69, 9.17) is 4.74 Å². The molecule has 2 nitrogen and oxygen atoms in total. The Morgan fingerprint density at radius 2 is 1.95 bits per heavy atom. The molecule has 2 unspecified atom stereocenters. The van der Waals surface area contributed by atoms with Crippen molar-refractivity contribution in [1.82, 2.24) is 5.32 Å². The van der Waals surface area contributed by atoms with Crippen molar-refractivity contribution in [3.8, 4) is 0 Å². The largest absolute Gasteiger partial charge is 0.377 e. The maximum atomic E-state index is 5.74. The van der Waals surface area contributed by atoms with Crippen LogP contribution in [0.4, 0.5) is 0 Å². The van der Waals surface area contributed by atoms with Crippen molar-refractivity contribution in [3.63, 3.8) is 0 Å². The van der Waals surface area contributed by atoms with E-state index in [1.807, 2.05) is 7.05 Å². The third kappa shape index (κ3) is 2.85. The zero-order chi connectivity index (χ0) is 13.9. The van der Waals surface area contributed by atoms with E-state index in [2.05, 4.69) is 43.4 Å². The molecule has 1 saturated carbocycles. The zero-order valence-electron chi connectivity index (χ0n) is 12.7. The van der Waals surface area contributed by atoms with Gasteiger partial charge in [0.15, 0.2) is 0 Å². The van der Waals surface area contributed by atoms with Crippen molar-refractivity contribution >= 4 is 0 Å². The van der Waals surface area contributed by atoms with Crippen LogP contribution < -0.4 is 5.32 Å². The fourth-order valence-corrected chi connectivity index (χ4v) is 2.99. The van der Waals surface area contributed by atoms with Gasteiger partial charge in [-0.15, -0.1) is 0 Å². The molecule has 1 aliphatic rings. The van der Waals surface area contributed by atoms with Crippen molar-refractivity contribution in [1.29, 1.82) is 0 Å². The van der Waals surface area contributed by atoms with Crippen LogP contribution in [0.15, 0.2) is 24.3 Å². The van der Waals surface area contributed by atoms with E-state index >= 15 is 0 Å². The van der Waals surface area contributed by atoms with Crippen LogP contribution in [-0.4, -0.2) is 19.8 Å². The topological polar surface area (TPSA) is 21.3 Å². The smallest absolute Gasteiger partial charge is 0.0841 e. The van der Waals surface area contributed by atoms with Gasteiger partial charge in [0.25, 0.3) is 0 Å². The molecule has 1 aromatic rings. The molecule has 2 rings (SSSR count). The number of rotatable bonds is 6. The molecule has 1 aromatic carbocycles. The monoisotopic (exact) mass is 261 g/mol. The average molecular weight is 261 g/mol. The van der Waals surface area contributed by atoms with Gasteiger partial charge in [0, 0.05) is 7.11 Å². The number of nitrogens with one attached hydrogen (secondary N) is 1. The van der Waals surface area contributed by atoms with Gasteiger partial charge in [-0.1, -0.05) is 37.6 Å². The Kier molecular flexibility index (Phi) is 4.64. The minimum Gasteiger partial charge on any atom is -0.377 e. The third-order valence-corrected chi connectivity index (χ3v) is 4.91. The van der Waals surface area contributed by atoms with Crippen molar-refractivity contribution in [2.24, 2.45) is 0 Å². The number of hydrogen-bond donors (Lipinski definition) is 1. The van der Waals surface area contributed by atoms with E-state index in [0.29, 0.717) is 0 Å². The van der Waals surface area contributed by atoms with Crippen LogP contribution in [0.2, 0.25) is 0 Å². The van der Waals surface area contributed by atoms with Gasteiger partial charge in [0.05, 0.1) is 11.6 Å². The Morgan fingerprint density at radius 3 is 2.32 bits per heavy atom. The van der Waals surface area contributed by atoms with Crippen LogP contribution in [0, 0.1) is 0 Å². The van der Waals surface area contributed by atoms with Crippen molar-refractivity contribution < 1.29 is 4.74 Å². The summed E-state index contributed by atoms with van der Waals surface area (Å²) < 4.78 is 5.74. The van der Waals surface area contributed by atoms with E-state index < -0.39 is 0 Å². The van der Waals surface area contributed by atoms with Crippen LogP contribution in [0.3, 0.4) is 0 Å². The fourth-order valence-electron chi connectivity index (χ4n) is 2.99. The van der Waals surface area contributed by atoms with E-state index in [1.165, 1.54) is 30.4 Å².